The molecular weight excluding hydrogens is 441 g/mol. The van der Waals surface area contributed by atoms with E-state index in [0.29, 0.717) is 31.1 Å². The van der Waals surface area contributed by atoms with Gasteiger partial charge in [0.15, 0.2) is 0 Å². The standard InChI is InChI=1S/C19H20BrF3N2O3/c1-28-18(27)11-4-2-10(3-5-11)9-25-17(26)14-15(19(21,22)23)13(20)8-12-6-7-24-16(12)14/h6-8,10-11,24H,2-5,9H2,1H3,(H,25,26)/t10-,11-. The smallest absolute Gasteiger partial charge is 0.418 e. The number of amides is 1. The topological polar surface area (TPSA) is 71.2 Å². The van der Waals surface area contributed by atoms with Crippen molar-refractivity contribution in [1.29, 1.82) is 0 Å². The summed E-state index contributed by atoms with van der Waals surface area (Å²) in [6.07, 6.45) is -0.450. The summed E-state index contributed by atoms with van der Waals surface area (Å²) >= 11 is 2.95. The van der Waals surface area contributed by atoms with Crippen LogP contribution in [0.4, 0.5) is 13.2 Å². The summed E-state index contributed by atoms with van der Waals surface area (Å²) in [7, 11) is 1.35. The number of methoxy groups -OCH3 is 1. The Morgan fingerprint density at radius 3 is 2.57 bits per heavy atom. The van der Waals surface area contributed by atoms with Crippen LogP contribution in [0.5, 0.6) is 0 Å². The Kier molecular flexibility index (Phi) is 6.02. The van der Waals surface area contributed by atoms with Crippen molar-refractivity contribution in [2.45, 2.75) is 31.9 Å². The van der Waals surface area contributed by atoms with Crippen molar-refractivity contribution in [2.24, 2.45) is 11.8 Å². The first-order valence-corrected chi connectivity index (χ1v) is 9.74. The van der Waals surface area contributed by atoms with Crippen molar-refractivity contribution in [2.75, 3.05) is 13.7 Å². The average Bonchev–Trinajstić information content (AvgIpc) is 3.11. The number of aromatic amines is 1. The van der Waals surface area contributed by atoms with E-state index in [9.17, 15) is 22.8 Å². The van der Waals surface area contributed by atoms with E-state index in [1.165, 1.54) is 19.4 Å². The molecule has 1 aromatic heterocycles. The van der Waals surface area contributed by atoms with Crippen molar-refractivity contribution in [3.8, 4) is 0 Å². The van der Waals surface area contributed by atoms with E-state index in [4.69, 9.17) is 4.74 Å². The third kappa shape index (κ3) is 4.19. The molecule has 1 saturated carbocycles. The van der Waals surface area contributed by atoms with E-state index in [0.717, 1.165) is 0 Å². The molecule has 1 fully saturated rings. The molecular formula is C19H20BrF3N2O3. The first kappa shape index (κ1) is 20.7. The van der Waals surface area contributed by atoms with Crippen LogP contribution in [0.15, 0.2) is 22.8 Å². The van der Waals surface area contributed by atoms with Crippen molar-refractivity contribution < 1.29 is 27.5 Å². The lowest BCUT2D eigenvalue weighted by Gasteiger charge is -2.27. The molecule has 152 valence electrons. The molecule has 1 heterocycles. The average molecular weight is 461 g/mol. The van der Waals surface area contributed by atoms with Crippen molar-refractivity contribution in [3.05, 3.63) is 33.9 Å². The summed E-state index contributed by atoms with van der Waals surface area (Å²) in [5.41, 5.74) is -1.25. The summed E-state index contributed by atoms with van der Waals surface area (Å²) in [6, 6.07) is 2.96. The summed E-state index contributed by atoms with van der Waals surface area (Å²) in [4.78, 5) is 27.0. The normalized spacial score (nSPS) is 20.2. The van der Waals surface area contributed by atoms with Crippen molar-refractivity contribution >= 4 is 38.7 Å². The number of benzene rings is 1. The summed E-state index contributed by atoms with van der Waals surface area (Å²) in [5.74, 6) is -1.03. The largest absolute Gasteiger partial charge is 0.469 e. The quantitative estimate of drug-likeness (QED) is 0.651. The molecule has 5 nitrogen and oxygen atoms in total. The summed E-state index contributed by atoms with van der Waals surface area (Å²) < 4.78 is 45.3. The van der Waals surface area contributed by atoms with Gasteiger partial charge in [-0.2, -0.15) is 13.2 Å². The lowest BCUT2D eigenvalue weighted by molar-refractivity contribution is -0.146. The first-order valence-electron chi connectivity index (χ1n) is 8.95. The third-order valence-electron chi connectivity index (χ3n) is 5.24. The molecule has 2 aromatic rings. The van der Waals surface area contributed by atoms with Gasteiger partial charge in [-0.05, 0) is 43.7 Å². The Labute approximate surface area is 168 Å². The molecule has 0 bridgehead atoms. The number of rotatable bonds is 4. The zero-order valence-corrected chi connectivity index (χ0v) is 16.7. The predicted molar refractivity (Wildman–Crippen MR) is 101 cm³/mol. The van der Waals surface area contributed by atoms with Crippen LogP contribution in [0.25, 0.3) is 10.9 Å². The van der Waals surface area contributed by atoms with E-state index >= 15 is 0 Å². The Bertz CT molecular complexity index is 886. The molecule has 0 unspecified atom stereocenters. The molecule has 1 aromatic carbocycles. The Balaban J connectivity index is 1.76. The van der Waals surface area contributed by atoms with Crippen LogP contribution in [0.3, 0.4) is 0 Å². The molecule has 9 heteroatoms. The number of H-pyrrole nitrogens is 1. The SMILES string of the molecule is COC(=O)[C@H]1CC[C@H](CNC(=O)c2c(C(F)(F)F)c(Br)cc3cc[nH]c23)CC1. The maximum atomic E-state index is 13.6. The number of carbonyl (C=O) groups excluding carboxylic acids is 2. The van der Waals surface area contributed by atoms with Gasteiger partial charge in [0.25, 0.3) is 5.91 Å². The minimum atomic E-state index is -4.68. The summed E-state index contributed by atoms with van der Waals surface area (Å²) in [6.45, 7) is 0.263. The number of esters is 1. The molecule has 28 heavy (non-hydrogen) atoms. The Hall–Kier alpha value is -2.03. The van der Waals surface area contributed by atoms with Gasteiger partial charge in [0.1, 0.15) is 0 Å². The maximum absolute atomic E-state index is 13.6. The summed E-state index contributed by atoms with van der Waals surface area (Å²) in [5, 5.41) is 3.17. The molecule has 0 radical (unpaired) electrons. The van der Waals surface area contributed by atoms with Gasteiger partial charge in [-0.15, -0.1) is 0 Å². The van der Waals surface area contributed by atoms with E-state index in [1.807, 2.05) is 0 Å². The van der Waals surface area contributed by atoms with Gasteiger partial charge in [-0.3, -0.25) is 9.59 Å². The molecule has 1 aliphatic rings. The monoisotopic (exact) mass is 460 g/mol. The van der Waals surface area contributed by atoms with Crippen LogP contribution in [-0.4, -0.2) is 30.5 Å². The molecule has 0 spiro atoms. The zero-order chi connectivity index (χ0) is 20.5. The molecule has 0 atom stereocenters. The minimum Gasteiger partial charge on any atom is -0.469 e. The minimum absolute atomic E-state index is 0.116. The maximum Gasteiger partial charge on any atom is 0.418 e. The fourth-order valence-corrected chi connectivity index (χ4v) is 4.44. The van der Waals surface area contributed by atoms with Gasteiger partial charge in [-0.1, -0.05) is 15.9 Å². The number of hydrogen-bond acceptors (Lipinski definition) is 3. The van der Waals surface area contributed by atoms with Crippen LogP contribution in [0.1, 0.15) is 41.6 Å². The molecule has 0 aliphatic heterocycles. The molecule has 1 aliphatic carbocycles. The number of nitrogens with one attached hydrogen (secondary N) is 2. The number of halogens is 4. The van der Waals surface area contributed by atoms with Crippen LogP contribution >= 0.6 is 15.9 Å². The van der Waals surface area contributed by atoms with E-state index in [-0.39, 0.29) is 34.3 Å². The van der Waals surface area contributed by atoms with Crippen molar-refractivity contribution in [3.63, 3.8) is 0 Å². The number of alkyl halides is 3. The fourth-order valence-electron chi connectivity index (χ4n) is 3.77. The van der Waals surface area contributed by atoms with Gasteiger partial charge in [0.05, 0.1) is 29.7 Å². The number of ether oxygens (including phenoxy) is 1. The lowest BCUT2D eigenvalue weighted by atomic mass is 9.82. The van der Waals surface area contributed by atoms with Crippen LogP contribution in [0.2, 0.25) is 0 Å². The highest BCUT2D eigenvalue weighted by molar-refractivity contribution is 9.10. The first-order chi connectivity index (χ1) is 13.2. The van der Waals surface area contributed by atoms with Gasteiger partial charge in [0.2, 0.25) is 0 Å². The highest BCUT2D eigenvalue weighted by Crippen LogP contribution is 2.40. The molecule has 0 saturated heterocycles. The number of aromatic nitrogens is 1. The van der Waals surface area contributed by atoms with E-state index < -0.39 is 23.2 Å². The number of hydrogen-bond donors (Lipinski definition) is 2. The van der Waals surface area contributed by atoms with E-state index in [2.05, 4.69) is 26.2 Å². The Morgan fingerprint density at radius 1 is 1.29 bits per heavy atom. The highest BCUT2D eigenvalue weighted by Gasteiger charge is 2.39. The predicted octanol–water partition coefficient (Wildman–Crippen LogP) is 4.66. The second-order valence-corrected chi connectivity index (χ2v) is 7.85. The molecule has 3 rings (SSSR count). The highest BCUT2D eigenvalue weighted by atomic mass is 79.9. The van der Waals surface area contributed by atoms with Gasteiger partial charge >= 0.3 is 12.1 Å². The van der Waals surface area contributed by atoms with E-state index in [1.54, 1.807) is 6.07 Å². The van der Waals surface area contributed by atoms with Gasteiger partial charge < -0.3 is 15.0 Å². The number of carbonyl (C=O) groups is 2. The second kappa shape index (κ2) is 8.14. The third-order valence-corrected chi connectivity index (χ3v) is 5.87. The number of fused-ring (bicyclic) bond motifs is 1. The molecule has 2 N–H and O–H groups in total. The van der Waals surface area contributed by atoms with Crippen LogP contribution < -0.4 is 5.32 Å². The molecule has 1 amide bonds. The zero-order valence-electron chi connectivity index (χ0n) is 15.2. The lowest BCUT2D eigenvalue weighted by Crippen LogP contribution is -2.34. The van der Waals surface area contributed by atoms with Crippen molar-refractivity contribution in [1.82, 2.24) is 10.3 Å². The van der Waals surface area contributed by atoms with Crippen LogP contribution in [-0.2, 0) is 15.7 Å². The second-order valence-electron chi connectivity index (χ2n) is 7.00. The van der Waals surface area contributed by atoms with Gasteiger partial charge in [0, 0.05) is 22.6 Å². The van der Waals surface area contributed by atoms with Crippen LogP contribution in [0, 0.1) is 11.8 Å². The van der Waals surface area contributed by atoms with Gasteiger partial charge in [-0.25, -0.2) is 0 Å². The Morgan fingerprint density at radius 2 is 1.96 bits per heavy atom. The fraction of sp³-hybridized carbons (Fsp3) is 0.474.